The molecule has 1 fully saturated rings. The van der Waals surface area contributed by atoms with Crippen molar-refractivity contribution < 1.29 is 4.79 Å². The third-order valence-electron chi connectivity index (χ3n) is 2.07. The average Bonchev–Trinajstić information content (AvgIpc) is 2.87. The number of aryl methyl sites for hydroxylation is 1. The third-order valence-corrected chi connectivity index (χ3v) is 2.41. The fourth-order valence-electron chi connectivity index (χ4n) is 1.21. The number of hydrogen-bond acceptors (Lipinski definition) is 5. The largest absolute Gasteiger partial charge is 0.367 e. The highest BCUT2D eigenvalue weighted by molar-refractivity contribution is 7.80. The minimum atomic E-state index is 0.440. The fourth-order valence-corrected chi connectivity index (χ4v) is 1.51. The number of anilines is 1. The van der Waals surface area contributed by atoms with Crippen LogP contribution in [0.1, 0.15) is 29.0 Å². The quantitative estimate of drug-likeness (QED) is 0.449. The summed E-state index contributed by atoms with van der Waals surface area (Å²) in [6.07, 6.45) is 3.03. The van der Waals surface area contributed by atoms with Gasteiger partial charge in [-0.2, -0.15) is 0 Å². The maximum absolute atomic E-state index is 10.8. The Balaban J connectivity index is 2.37. The van der Waals surface area contributed by atoms with Crippen LogP contribution in [0.3, 0.4) is 0 Å². The summed E-state index contributed by atoms with van der Waals surface area (Å²) < 4.78 is 0. The molecule has 1 aromatic rings. The van der Waals surface area contributed by atoms with Crippen molar-refractivity contribution in [2.75, 3.05) is 5.32 Å². The van der Waals surface area contributed by atoms with Crippen molar-refractivity contribution in [2.45, 2.75) is 30.8 Å². The number of nitrogens with zero attached hydrogens (tertiary/aromatic N) is 2. The van der Waals surface area contributed by atoms with Crippen LogP contribution in [0.15, 0.2) is 5.03 Å². The van der Waals surface area contributed by atoms with E-state index in [0.29, 0.717) is 28.3 Å². The van der Waals surface area contributed by atoms with Gasteiger partial charge in [0.2, 0.25) is 0 Å². The van der Waals surface area contributed by atoms with Crippen molar-refractivity contribution in [1.82, 2.24) is 9.97 Å². The zero-order valence-corrected chi connectivity index (χ0v) is 8.71. The Hall–Kier alpha value is -1.10. The van der Waals surface area contributed by atoms with Gasteiger partial charge in [-0.15, -0.1) is 12.6 Å². The number of aromatic nitrogens is 2. The summed E-state index contributed by atoms with van der Waals surface area (Å²) in [7, 11) is 0. The van der Waals surface area contributed by atoms with E-state index in [-0.39, 0.29) is 0 Å². The fraction of sp³-hybridized carbons (Fsp3) is 0.444. The molecule has 4 nitrogen and oxygen atoms in total. The van der Waals surface area contributed by atoms with Gasteiger partial charge < -0.3 is 5.32 Å². The van der Waals surface area contributed by atoms with Crippen LogP contribution in [-0.2, 0) is 0 Å². The van der Waals surface area contributed by atoms with E-state index in [4.69, 9.17) is 0 Å². The monoisotopic (exact) mass is 209 g/mol. The molecule has 0 saturated heterocycles. The van der Waals surface area contributed by atoms with Gasteiger partial charge in [-0.3, -0.25) is 4.79 Å². The summed E-state index contributed by atoms with van der Waals surface area (Å²) in [6, 6.07) is 0.468. The first-order chi connectivity index (χ1) is 6.70. The third kappa shape index (κ3) is 1.87. The summed E-state index contributed by atoms with van der Waals surface area (Å²) in [4.78, 5) is 19.0. The molecule has 0 spiro atoms. The van der Waals surface area contributed by atoms with Crippen molar-refractivity contribution in [2.24, 2.45) is 0 Å². The molecule has 2 rings (SSSR count). The molecule has 0 amide bonds. The molecule has 0 atom stereocenters. The number of rotatable bonds is 3. The molecule has 5 heteroatoms. The summed E-state index contributed by atoms with van der Waals surface area (Å²) in [5.41, 5.74) is 0.450. The zero-order valence-electron chi connectivity index (χ0n) is 7.82. The zero-order chi connectivity index (χ0) is 10.1. The van der Waals surface area contributed by atoms with Gasteiger partial charge in [-0.05, 0) is 19.8 Å². The molecule has 14 heavy (non-hydrogen) atoms. The van der Waals surface area contributed by atoms with Crippen molar-refractivity contribution in [3.63, 3.8) is 0 Å². The predicted molar refractivity (Wildman–Crippen MR) is 56.1 cm³/mol. The van der Waals surface area contributed by atoms with Gasteiger partial charge in [0.05, 0.1) is 5.56 Å². The van der Waals surface area contributed by atoms with Gasteiger partial charge in [0.1, 0.15) is 16.7 Å². The van der Waals surface area contributed by atoms with E-state index < -0.39 is 0 Å². The van der Waals surface area contributed by atoms with Crippen molar-refractivity contribution in [1.29, 1.82) is 0 Å². The van der Waals surface area contributed by atoms with E-state index in [0.717, 1.165) is 19.1 Å². The molecule has 0 radical (unpaired) electrons. The van der Waals surface area contributed by atoms with Crippen molar-refractivity contribution >= 4 is 24.7 Å². The molecule has 0 aliphatic heterocycles. The molecule has 0 bridgehead atoms. The molecule has 1 aliphatic rings. The van der Waals surface area contributed by atoms with Crippen LogP contribution in [0.4, 0.5) is 5.82 Å². The molecule has 0 aromatic carbocycles. The van der Waals surface area contributed by atoms with Gasteiger partial charge in [0.25, 0.3) is 0 Å². The number of hydrogen-bond donors (Lipinski definition) is 2. The Morgan fingerprint density at radius 1 is 1.50 bits per heavy atom. The number of thiol groups is 1. The number of carbonyl (C=O) groups is 1. The van der Waals surface area contributed by atoms with Crippen LogP contribution in [0.25, 0.3) is 0 Å². The van der Waals surface area contributed by atoms with Crippen LogP contribution in [0.5, 0.6) is 0 Å². The van der Waals surface area contributed by atoms with Crippen molar-refractivity contribution in [3.05, 3.63) is 11.4 Å². The van der Waals surface area contributed by atoms with E-state index in [1.54, 1.807) is 6.92 Å². The molecule has 0 unspecified atom stereocenters. The van der Waals surface area contributed by atoms with E-state index in [1.165, 1.54) is 0 Å². The molecular formula is C9H11N3OS. The SMILES string of the molecule is Cc1nc(S)c(C=O)c(NC2CC2)n1. The smallest absolute Gasteiger partial charge is 0.156 e. The van der Waals surface area contributed by atoms with Gasteiger partial charge in [0.15, 0.2) is 6.29 Å². The van der Waals surface area contributed by atoms with Crippen LogP contribution >= 0.6 is 12.6 Å². The minimum absolute atomic E-state index is 0.440. The van der Waals surface area contributed by atoms with Crippen LogP contribution in [-0.4, -0.2) is 22.3 Å². The van der Waals surface area contributed by atoms with Crippen LogP contribution < -0.4 is 5.32 Å². The minimum Gasteiger partial charge on any atom is -0.367 e. The summed E-state index contributed by atoms with van der Waals surface area (Å²) in [5, 5.41) is 3.63. The Bertz CT molecular complexity index is 377. The van der Waals surface area contributed by atoms with Gasteiger partial charge in [0, 0.05) is 6.04 Å². The summed E-state index contributed by atoms with van der Waals surface area (Å²) >= 11 is 4.14. The standard InChI is InChI=1S/C9H11N3OS/c1-5-10-8(12-6-2-3-6)7(4-13)9(14)11-5/h4,6H,2-3H2,1H3,(H2,10,11,12,14). The first-order valence-corrected chi connectivity index (χ1v) is 4.94. The Labute approximate surface area is 87.6 Å². The number of nitrogens with one attached hydrogen (secondary N) is 1. The highest BCUT2D eigenvalue weighted by atomic mass is 32.1. The second kappa shape index (κ2) is 3.57. The van der Waals surface area contributed by atoms with Gasteiger partial charge in [-0.25, -0.2) is 9.97 Å². The lowest BCUT2D eigenvalue weighted by molar-refractivity contribution is 0.112. The lowest BCUT2D eigenvalue weighted by Gasteiger charge is -2.08. The van der Waals surface area contributed by atoms with Crippen LogP contribution in [0, 0.1) is 6.92 Å². The Kier molecular flexibility index (Phi) is 2.41. The predicted octanol–water partition coefficient (Wildman–Crippen LogP) is 1.46. The van der Waals surface area contributed by atoms with Gasteiger partial charge in [-0.1, -0.05) is 0 Å². The Morgan fingerprint density at radius 3 is 2.79 bits per heavy atom. The van der Waals surface area contributed by atoms with E-state index >= 15 is 0 Å². The number of carbonyl (C=O) groups excluding carboxylic acids is 1. The second-order valence-electron chi connectivity index (χ2n) is 3.39. The highest BCUT2D eigenvalue weighted by Gasteiger charge is 2.23. The Morgan fingerprint density at radius 2 is 2.21 bits per heavy atom. The summed E-state index contributed by atoms with van der Waals surface area (Å²) in [5.74, 6) is 1.24. The molecule has 1 N–H and O–H groups in total. The summed E-state index contributed by atoms with van der Waals surface area (Å²) in [6.45, 7) is 1.78. The van der Waals surface area contributed by atoms with E-state index in [1.807, 2.05) is 0 Å². The topological polar surface area (TPSA) is 54.9 Å². The molecule has 1 heterocycles. The normalized spacial score (nSPS) is 15.3. The molecular weight excluding hydrogens is 198 g/mol. The highest BCUT2D eigenvalue weighted by Crippen LogP contribution is 2.26. The second-order valence-corrected chi connectivity index (χ2v) is 3.82. The first-order valence-electron chi connectivity index (χ1n) is 4.50. The molecule has 74 valence electrons. The first kappa shape index (κ1) is 9.45. The van der Waals surface area contributed by atoms with Crippen molar-refractivity contribution in [3.8, 4) is 0 Å². The lowest BCUT2D eigenvalue weighted by atomic mass is 10.3. The molecule has 1 aliphatic carbocycles. The maximum Gasteiger partial charge on any atom is 0.156 e. The van der Waals surface area contributed by atoms with E-state index in [9.17, 15) is 4.79 Å². The lowest BCUT2D eigenvalue weighted by Crippen LogP contribution is -2.09. The van der Waals surface area contributed by atoms with E-state index in [2.05, 4.69) is 27.9 Å². The van der Waals surface area contributed by atoms with Crippen LogP contribution in [0.2, 0.25) is 0 Å². The van der Waals surface area contributed by atoms with Gasteiger partial charge >= 0.3 is 0 Å². The molecule has 1 aromatic heterocycles. The maximum atomic E-state index is 10.8. The average molecular weight is 209 g/mol. The number of aldehydes is 1. The molecule has 1 saturated carbocycles.